The molecule has 0 atom stereocenters. The molecule has 0 spiro atoms. The van der Waals surface area contributed by atoms with Gasteiger partial charge < -0.3 is 4.42 Å². The molecule has 0 fully saturated rings. The van der Waals surface area contributed by atoms with Crippen LogP contribution in [0.3, 0.4) is 0 Å². The third-order valence-corrected chi connectivity index (χ3v) is 1.59. The van der Waals surface area contributed by atoms with E-state index in [-0.39, 0.29) is 0 Å². The number of rotatable bonds is 3. The summed E-state index contributed by atoms with van der Waals surface area (Å²) in [6.07, 6.45) is 5.94. The Hall–Kier alpha value is -0.830. The molecule has 0 saturated heterocycles. The topological polar surface area (TPSA) is 30.2 Å². The van der Waals surface area contributed by atoms with Crippen LogP contribution in [0.1, 0.15) is 16.1 Å². The summed E-state index contributed by atoms with van der Waals surface area (Å²) in [4.78, 5) is 10.3. The highest BCUT2D eigenvalue weighted by Crippen LogP contribution is 2.09. The van der Waals surface area contributed by atoms with Crippen molar-refractivity contribution in [1.82, 2.24) is 0 Å². The number of hydrogen-bond acceptors (Lipinski definition) is 2. The van der Waals surface area contributed by atoms with Crippen molar-refractivity contribution in [2.45, 2.75) is 0 Å². The highest BCUT2D eigenvalue weighted by molar-refractivity contribution is 9.09. The maximum atomic E-state index is 10.3. The number of hydrogen-bond donors (Lipinski definition) is 0. The van der Waals surface area contributed by atoms with E-state index in [1.165, 1.54) is 6.26 Å². The zero-order valence-electron chi connectivity index (χ0n) is 5.79. The maximum absolute atomic E-state index is 10.3. The summed E-state index contributed by atoms with van der Waals surface area (Å²) in [6.45, 7) is 0. The fourth-order valence-corrected chi connectivity index (χ4v) is 0.923. The lowest BCUT2D eigenvalue weighted by atomic mass is 10.2. The molecule has 0 aliphatic heterocycles. The van der Waals surface area contributed by atoms with Gasteiger partial charge in [-0.15, -0.1) is 0 Å². The lowest BCUT2D eigenvalue weighted by molar-refractivity contribution is 0.110. The number of aldehydes is 1. The van der Waals surface area contributed by atoms with Gasteiger partial charge in [0.05, 0.1) is 6.26 Å². The first-order chi connectivity index (χ1) is 5.38. The molecule has 0 aliphatic rings. The van der Waals surface area contributed by atoms with Crippen molar-refractivity contribution in [3.05, 3.63) is 29.7 Å². The Morgan fingerprint density at radius 1 is 1.64 bits per heavy atom. The minimum Gasteiger partial charge on any atom is -0.461 e. The Kier molecular flexibility index (Phi) is 3.11. The fourth-order valence-electron chi connectivity index (χ4n) is 0.736. The van der Waals surface area contributed by atoms with Crippen LogP contribution < -0.4 is 0 Å². The van der Waals surface area contributed by atoms with E-state index in [0.717, 1.165) is 10.9 Å². The van der Waals surface area contributed by atoms with Crippen molar-refractivity contribution < 1.29 is 9.21 Å². The SMILES string of the molecule is O=Cc1occc1C=CCBr. The summed E-state index contributed by atoms with van der Waals surface area (Å²) >= 11 is 3.24. The van der Waals surface area contributed by atoms with Crippen LogP contribution in [0.25, 0.3) is 6.08 Å². The summed E-state index contributed by atoms with van der Waals surface area (Å²) in [7, 11) is 0. The lowest BCUT2D eigenvalue weighted by Gasteiger charge is -1.84. The summed E-state index contributed by atoms with van der Waals surface area (Å²) in [5, 5.41) is 0.774. The monoisotopic (exact) mass is 214 g/mol. The number of carbonyl (C=O) groups is 1. The zero-order chi connectivity index (χ0) is 8.10. The predicted molar refractivity (Wildman–Crippen MR) is 46.9 cm³/mol. The largest absolute Gasteiger partial charge is 0.461 e. The normalized spacial score (nSPS) is 10.6. The van der Waals surface area contributed by atoms with E-state index in [2.05, 4.69) is 15.9 Å². The first kappa shape index (κ1) is 8.27. The Morgan fingerprint density at radius 2 is 2.45 bits per heavy atom. The van der Waals surface area contributed by atoms with Crippen LogP contribution in [-0.4, -0.2) is 11.6 Å². The van der Waals surface area contributed by atoms with Gasteiger partial charge in [-0.05, 0) is 6.07 Å². The Balaban J connectivity index is 2.84. The molecule has 3 heteroatoms. The first-order valence-electron chi connectivity index (χ1n) is 3.13. The van der Waals surface area contributed by atoms with E-state index < -0.39 is 0 Å². The molecule has 2 nitrogen and oxygen atoms in total. The zero-order valence-corrected chi connectivity index (χ0v) is 7.37. The van der Waals surface area contributed by atoms with Crippen molar-refractivity contribution in [1.29, 1.82) is 0 Å². The van der Waals surface area contributed by atoms with Gasteiger partial charge in [0.1, 0.15) is 0 Å². The van der Waals surface area contributed by atoms with Crippen molar-refractivity contribution in [2.75, 3.05) is 5.33 Å². The molecule has 1 heterocycles. The van der Waals surface area contributed by atoms with Crippen LogP contribution >= 0.6 is 15.9 Å². The van der Waals surface area contributed by atoms with Gasteiger partial charge in [0.25, 0.3) is 0 Å². The molecule has 0 radical (unpaired) electrons. The molecule has 0 aromatic carbocycles. The number of halogens is 1. The quantitative estimate of drug-likeness (QED) is 0.572. The minimum absolute atomic E-state index is 0.377. The second-order valence-electron chi connectivity index (χ2n) is 1.91. The second kappa shape index (κ2) is 4.13. The van der Waals surface area contributed by atoms with Gasteiger partial charge in [-0.25, -0.2) is 0 Å². The molecular formula is C8H7BrO2. The summed E-state index contributed by atoms with van der Waals surface area (Å²) in [5.74, 6) is 0.377. The van der Waals surface area contributed by atoms with Crippen molar-refractivity contribution in [2.24, 2.45) is 0 Å². The fraction of sp³-hybridized carbons (Fsp3) is 0.125. The van der Waals surface area contributed by atoms with Crippen molar-refractivity contribution in [3.8, 4) is 0 Å². The Labute approximate surface area is 73.0 Å². The van der Waals surface area contributed by atoms with Gasteiger partial charge in [-0.1, -0.05) is 28.1 Å². The number of furan rings is 1. The summed E-state index contributed by atoms with van der Waals surface area (Å²) in [5.41, 5.74) is 0.819. The third-order valence-electron chi connectivity index (χ3n) is 1.22. The summed E-state index contributed by atoms with van der Waals surface area (Å²) < 4.78 is 4.88. The van der Waals surface area contributed by atoms with E-state index in [4.69, 9.17) is 4.42 Å². The number of alkyl halides is 1. The molecule has 0 N–H and O–H groups in total. The second-order valence-corrected chi connectivity index (χ2v) is 2.56. The minimum atomic E-state index is 0.377. The van der Waals surface area contributed by atoms with Gasteiger partial charge in [-0.3, -0.25) is 4.79 Å². The maximum Gasteiger partial charge on any atom is 0.185 e. The van der Waals surface area contributed by atoms with Gasteiger partial charge in [0.2, 0.25) is 0 Å². The highest BCUT2D eigenvalue weighted by atomic mass is 79.9. The molecule has 11 heavy (non-hydrogen) atoms. The number of allylic oxidation sites excluding steroid dienone is 1. The molecule has 0 bridgehead atoms. The Morgan fingerprint density at radius 3 is 3.09 bits per heavy atom. The van der Waals surface area contributed by atoms with Gasteiger partial charge in [-0.2, -0.15) is 0 Å². The van der Waals surface area contributed by atoms with E-state index >= 15 is 0 Å². The number of carbonyl (C=O) groups excluding carboxylic acids is 1. The molecule has 1 rings (SSSR count). The average molecular weight is 215 g/mol. The van der Waals surface area contributed by atoms with Crippen molar-refractivity contribution in [3.63, 3.8) is 0 Å². The lowest BCUT2D eigenvalue weighted by Crippen LogP contribution is -1.76. The van der Waals surface area contributed by atoms with E-state index in [1.54, 1.807) is 6.07 Å². The van der Waals surface area contributed by atoms with Crippen LogP contribution in [0.5, 0.6) is 0 Å². The van der Waals surface area contributed by atoms with Crippen LogP contribution in [0.15, 0.2) is 22.8 Å². The third kappa shape index (κ3) is 2.05. The average Bonchev–Trinajstić information content (AvgIpc) is 2.47. The van der Waals surface area contributed by atoms with Crippen LogP contribution in [0.2, 0.25) is 0 Å². The van der Waals surface area contributed by atoms with Crippen LogP contribution in [0, 0.1) is 0 Å². The molecule has 0 saturated carbocycles. The van der Waals surface area contributed by atoms with Gasteiger partial charge >= 0.3 is 0 Å². The van der Waals surface area contributed by atoms with Gasteiger partial charge in [0, 0.05) is 10.9 Å². The smallest absolute Gasteiger partial charge is 0.185 e. The molecule has 1 aromatic rings. The van der Waals surface area contributed by atoms with Crippen LogP contribution in [-0.2, 0) is 0 Å². The predicted octanol–water partition coefficient (Wildman–Crippen LogP) is 2.50. The van der Waals surface area contributed by atoms with E-state index in [1.807, 2.05) is 12.2 Å². The standard InChI is InChI=1S/C8H7BrO2/c9-4-1-2-7-3-5-11-8(7)6-10/h1-3,5-6H,4H2. The molecule has 0 amide bonds. The van der Waals surface area contributed by atoms with E-state index in [9.17, 15) is 4.79 Å². The first-order valence-corrected chi connectivity index (χ1v) is 4.26. The molecule has 0 unspecified atom stereocenters. The van der Waals surface area contributed by atoms with Gasteiger partial charge in [0.15, 0.2) is 12.0 Å². The Bertz CT molecular complexity index is 263. The molecule has 1 aromatic heterocycles. The molecular weight excluding hydrogens is 208 g/mol. The highest BCUT2D eigenvalue weighted by Gasteiger charge is 1.99. The summed E-state index contributed by atoms with van der Waals surface area (Å²) in [6, 6.07) is 1.75. The molecule has 0 aliphatic carbocycles. The van der Waals surface area contributed by atoms with Crippen LogP contribution in [0.4, 0.5) is 0 Å². The van der Waals surface area contributed by atoms with E-state index in [0.29, 0.717) is 12.0 Å². The van der Waals surface area contributed by atoms with Crippen molar-refractivity contribution >= 4 is 28.3 Å². The molecule has 58 valence electrons.